The third-order valence-corrected chi connectivity index (χ3v) is 3.58. The zero-order valence-corrected chi connectivity index (χ0v) is 12.2. The maximum Gasteiger partial charge on any atom is 0.255 e. The Hall–Kier alpha value is -2.36. The monoisotopic (exact) mass is 302 g/mol. The smallest absolute Gasteiger partial charge is 0.255 e. The number of thiophene rings is 1. The Bertz CT molecular complexity index is 700. The Kier molecular flexibility index (Phi) is 4.93. The molecule has 1 amide bonds. The summed E-state index contributed by atoms with van der Waals surface area (Å²) >= 11 is 1.47. The van der Waals surface area contributed by atoms with E-state index in [1.54, 1.807) is 11.9 Å². The van der Waals surface area contributed by atoms with Crippen LogP contribution in [0.5, 0.6) is 5.75 Å². The Labute approximate surface area is 126 Å². The standard InChI is InChI=1S/C15H14N2O3S/c1-17(15(20)12-6-13(19)8-16-7-12)9-11-5-14(21-10-11)3-2-4-18/h5-8,10,18-19H,4,9H2,1H3. The first-order valence-corrected chi connectivity index (χ1v) is 7.04. The van der Waals surface area contributed by atoms with Crippen LogP contribution in [-0.4, -0.2) is 39.7 Å². The fraction of sp³-hybridized carbons (Fsp3) is 0.200. The number of aliphatic hydroxyl groups excluding tert-OH is 1. The highest BCUT2D eigenvalue weighted by molar-refractivity contribution is 7.10. The van der Waals surface area contributed by atoms with Crippen LogP contribution in [0.1, 0.15) is 20.8 Å². The Balaban J connectivity index is 2.05. The van der Waals surface area contributed by atoms with E-state index in [1.807, 2.05) is 11.4 Å². The summed E-state index contributed by atoms with van der Waals surface area (Å²) in [5.41, 5.74) is 1.30. The fourth-order valence-electron chi connectivity index (χ4n) is 1.76. The summed E-state index contributed by atoms with van der Waals surface area (Å²) in [6.45, 7) is 0.266. The highest BCUT2D eigenvalue weighted by Crippen LogP contribution is 2.17. The molecule has 108 valence electrons. The summed E-state index contributed by atoms with van der Waals surface area (Å²) in [5, 5.41) is 19.9. The third kappa shape index (κ3) is 4.05. The van der Waals surface area contributed by atoms with E-state index in [2.05, 4.69) is 16.8 Å². The van der Waals surface area contributed by atoms with Crippen LogP contribution < -0.4 is 0 Å². The first kappa shape index (κ1) is 15.0. The maximum atomic E-state index is 12.2. The van der Waals surface area contributed by atoms with E-state index >= 15 is 0 Å². The van der Waals surface area contributed by atoms with Crippen molar-refractivity contribution in [2.45, 2.75) is 6.54 Å². The first-order valence-electron chi connectivity index (χ1n) is 6.17. The van der Waals surface area contributed by atoms with E-state index in [4.69, 9.17) is 5.11 Å². The van der Waals surface area contributed by atoms with Crippen LogP contribution in [0.3, 0.4) is 0 Å². The highest BCUT2D eigenvalue weighted by atomic mass is 32.1. The third-order valence-electron chi connectivity index (χ3n) is 2.68. The zero-order chi connectivity index (χ0) is 15.2. The largest absolute Gasteiger partial charge is 0.506 e. The fourth-order valence-corrected chi connectivity index (χ4v) is 2.53. The van der Waals surface area contributed by atoms with Crippen LogP contribution >= 0.6 is 11.3 Å². The molecule has 0 spiro atoms. The number of carbonyl (C=O) groups is 1. The second-order valence-electron chi connectivity index (χ2n) is 4.37. The summed E-state index contributed by atoms with van der Waals surface area (Å²) in [6, 6.07) is 3.27. The van der Waals surface area contributed by atoms with E-state index in [0.29, 0.717) is 12.1 Å². The van der Waals surface area contributed by atoms with Gasteiger partial charge in [-0.1, -0.05) is 11.8 Å². The minimum absolute atomic E-state index is 0.0358. The highest BCUT2D eigenvalue weighted by Gasteiger charge is 2.13. The zero-order valence-electron chi connectivity index (χ0n) is 11.4. The van der Waals surface area contributed by atoms with Crippen molar-refractivity contribution in [3.8, 4) is 17.6 Å². The molecule has 0 aliphatic rings. The predicted octanol–water partition coefficient (Wildman–Crippen LogP) is 1.46. The van der Waals surface area contributed by atoms with Crippen LogP contribution in [0, 0.1) is 11.8 Å². The molecular weight excluding hydrogens is 288 g/mol. The summed E-state index contributed by atoms with van der Waals surface area (Å²) in [7, 11) is 1.68. The molecule has 0 aliphatic heterocycles. The van der Waals surface area contributed by atoms with E-state index in [-0.39, 0.29) is 18.3 Å². The number of pyridine rings is 1. The Morgan fingerprint density at radius 1 is 1.43 bits per heavy atom. The number of hydrogen-bond acceptors (Lipinski definition) is 5. The Morgan fingerprint density at radius 3 is 2.95 bits per heavy atom. The average Bonchev–Trinajstić information content (AvgIpc) is 2.91. The minimum Gasteiger partial charge on any atom is -0.506 e. The molecule has 0 unspecified atom stereocenters. The summed E-state index contributed by atoms with van der Waals surface area (Å²) in [4.78, 5) is 18.4. The second-order valence-corrected chi connectivity index (χ2v) is 5.28. The Morgan fingerprint density at radius 2 is 2.24 bits per heavy atom. The quantitative estimate of drug-likeness (QED) is 0.842. The van der Waals surface area contributed by atoms with Crippen molar-refractivity contribution in [3.05, 3.63) is 45.9 Å². The summed E-state index contributed by atoms with van der Waals surface area (Å²) in [5.74, 6) is 5.16. The van der Waals surface area contributed by atoms with E-state index in [0.717, 1.165) is 10.4 Å². The van der Waals surface area contributed by atoms with Gasteiger partial charge in [-0.3, -0.25) is 9.78 Å². The molecule has 21 heavy (non-hydrogen) atoms. The molecule has 0 saturated carbocycles. The summed E-state index contributed by atoms with van der Waals surface area (Å²) in [6.07, 6.45) is 2.70. The van der Waals surface area contributed by atoms with E-state index < -0.39 is 0 Å². The second kappa shape index (κ2) is 6.88. The molecule has 0 bridgehead atoms. The number of rotatable bonds is 3. The molecular formula is C15H14N2O3S. The van der Waals surface area contributed by atoms with Gasteiger partial charge in [0.05, 0.1) is 16.6 Å². The number of aromatic hydroxyl groups is 1. The van der Waals surface area contributed by atoms with Gasteiger partial charge in [0.1, 0.15) is 12.4 Å². The van der Waals surface area contributed by atoms with Gasteiger partial charge in [-0.15, -0.1) is 11.3 Å². The van der Waals surface area contributed by atoms with Crippen LogP contribution in [-0.2, 0) is 6.54 Å². The van der Waals surface area contributed by atoms with E-state index in [9.17, 15) is 9.90 Å². The van der Waals surface area contributed by atoms with Gasteiger partial charge in [-0.05, 0) is 23.1 Å². The van der Waals surface area contributed by atoms with Gasteiger partial charge in [0.25, 0.3) is 5.91 Å². The molecule has 2 N–H and O–H groups in total. The van der Waals surface area contributed by atoms with Gasteiger partial charge >= 0.3 is 0 Å². The van der Waals surface area contributed by atoms with Crippen molar-refractivity contribution >= 4 is 17.2 Å². The molecule has 0 radical (unpaired) electrons. The van der Waals surface area contributed by atoms with Crippen molar-refractivity contribution in [1.82, 2.24) is 9.88 Å². The van der Waals surface area contributed by atoms with Crippen molar-refractivity contribution in [2.24, 2.45) is 0 Å². The van der Waals surface area contributed by atoms with Gasteiger partial charge in [-0.2, -0.15) is 0 Å². The molecule has 0 fully saturated rings. The van der Waals surface area contributed by atoms with Crippen molar-refractivity contribution in [3.63, 3.8) is 0 Å². The van der Waals surface area contributed by atoms with Crippen LogP contribution in [0.2, 0.25) is 0 Å². The lowest BCUT2D eigenvalue weighted by atomic mass is 10.2. The predicted molar refractivity (Wildman–Crippen MR) is 80.0 cm³/mol. The molecule has 0 aromatic carbocycles. The molecule has 2 aromatic heterocycles. The number of amides is 1. The number of nitrogens with zero attached hydrogens (tertiary/aromatic N) is 2. The van der Waals surface area contributed by atoms with Gasteiger partial charge in [0, 0.05) is 19.8 Å². The van der Waals surface area contributed by atoms with Gasteiger partial charge < -0.3 is 15.1 Å². The van der Waals surface area contributed by atoms with Crippen molar-refractivity contribution in [1.29, 1.82) is 0 Å². The van der Waals surface area contributed by atoms with Crippen molar-refractivity contribution < 1.29 is 15.0 Å². The average molecular weight is 302 g/mol. The molecule has 2 rings (SSSR count). The molecule has 0 atom stereocenters. The van der Waals surface area contributed by atoms with Gasteiger partial charge in [0.2, 0.25) is 0 Å². The molecule has 0 saturated heterocycles. The molecule has 0 aliphatic carbocycles. The first-order chi connectivity index (χ1) is 10.1. The van der Waals surface area contributed by atoms with Gasteiger partial charge in [0.15, 0.2) is 0 Å². The minimum atomic E-state index is -0.215. The molecule has 5 nitrogen and oxygen atoms in total. The molecule has 6 heteroatoms. The normalized spacial score (nSPS) is 9.81. The lowest BCUT2D eigenvalue weighted by Gasteiger charge is -2.16. The van der Waals surface area contributed by atoms with Crippen LogP contribution in [0.25, 0.3) is 0 Å². The maximum absolute atomic E-state index is 12.2. The van der Waals surface area contributed by atoms with Gasteiger partial charge in [-0.25, -0.2) is 0 Å². The lowest BCUT2D eigenvalue weighted by molar-refractivity contribution is 0.0784. The number of carbonyl (C=O) groups excluding carboxylic acids is 1. The number of aromatic nitrogens is 1. The molecule has 2 aromatic rings. The lowest BCUT2D eigenvalue weighted by Crippen LogP contribution is -2.26. The molecule has 2 heterocycles. The summed E-state index contributed by atoms with van der Waals surface area (Å²) < 4.78 is 0. The topological polar surface area (TPSA) is 73.7 Å². The SMILES string of the molecule is CN(Cc1csc(C#CCO)c1)C(=O)c1cncc(O)c1. The van der Waals surface area contributed by atoms with Crippen LogP contribution in [0.15, 0.2) is 29.9 Å². The number of aliphatic hydroxyl groups is 1. The number of hydrogen-bond donors (Lipinski definition) is 2. The van der Waals surface area contributed by atoms with Crippen LogP contribution in [0.4, 0.5) is 0 Å². The van der Waals surface area contributed by atoms with E-state index in [1.165, 1.54) is 29.8 Å². The van der Waals surface area contributed by atoms with Crippen molar-refractivity contribution in [2.75, 3.05) is 13.7 Å².